The average molecular weight is 305 g/mol. The molecule has 1 N–H and O–H groups in total. The standard InChI is InChI=1S/C17H17ClOS/c18-15-6-3-5-12(8-15)14(11-19)10-16-9-13-4-1-2-7-17(13)20-16/h1-8,14,16,19H,9-11H2. The lowest BCUT2D eigenvalue weighted by Crippen LogP contribution is -2.12. The molecule has 0 bridgehead atoms. The fraction of sp³-hybridized carbons (Fsp3) is 0.294. The van der Waals surface area contributed by atoms with Crippen LogP contribution in [0.5, 0.6) is 0 Å². The highest BCUT2D eigenvalue weighted by Gasteiger charge is 2.25. The number of hydrogen-bond acceptors (Lipinski definition) is 2. The molecule has 0 aromatic heterocycles. The number of benzene rings is 2. The molecule has 2 aromatic carbocycles. The molecule has 2 aromatic rings. The fourth-order valence-electron chi connectivity index (χ4n) is 2.78. The van der Waals surface area contributed by atoms with Gasteiger partial charge >= 0.3 is 0 Å². The second-order valence-corrected chi connectivity index (χ2v) is 7.00. The predicted octanol–water partition coefficient (Wildman–Crippen LogP) is 4.52. The van der Waals surface area contributed by atoms with Gasteiger partial charge in [0.05, 0.1) is 0 Å². The van der Waals surface area contributed by atoms with Gasteiger partial charge in [-0.1, -0.05) is 41.9 Å². The Morgan fingerprint density at radius 3 is 2.80 bits per heavy atom. The molecule has 0 saturated carbocycles. The van der Waals surface area contributed by atoms with Crippen molar-refractivity contribution in [2.45, 2.75) is 28.9 Å². The maximum atomic E-state index is 9.70. The van der Waals surface area contributed by atoms with Crippen LogP contribution in [-0.4, -0.2) is 17.0 Å². The molecule has 0 saturated heterocycles. The van der Waals surface area contributed by atoms with E-state index in [0.29, 0.717) is 5.25 Å². The molecule has 20 heavy (non-hydrogen) atoms. The Labute approximate surface area is 129 Å². The quantitative estimate of drug-likeness (QED) is 0.896. The van der Waals surface area contributed by atoms with E-state index in [1.165, 1.54) is 10.5 Å². The van der Waals surface area contributed by atoms with E-state index in [1.807, 2.05) is 30.0 Å². The van der Waals surface area contributed by atoms with Gasteiger partial charge in [0.15, 0.2) is 0 Å². The van der Waals surface area contributed by atoms with E-state index in [1.54, 1.807) is 0 Å². The van der Waals surface area contributed by atoms with Gasteiger partial charge in [0, 0.05) is 27.7 Å². The first kappa shape index (κ1) is 14.0. The van der Waals surface area contributed by atoms with Crippen LogP contribution in [0.25, 0.3) is 0 Å². The zero-order valence-corrected chi connectivity index (χ0v) is 12.7. The molecule has 1 heterocycles. The summed E-state index contributed by atoms with van der Waals surface area (Å²) in [5.41, 5.74) is 2.57. The van der Waals surface area contributed by atoms with Gasteiger partial charge in [-0.15, -0.1) is 11.8 Å². The van der Waals surface area contributed by atoms with Gasteiger partial charge in [0.25, 0.3) is 0 Å². The molecule has 1 nitrogen and oxygen atoms in total. The van der Waals surface area contributed by atoms with Crippen LogP contribution in [0.2, 0.25) is 5.02 Å². The van der Waals surface area contributed by atoms with Crippen molar-refractivity contribution < 1.29 is 5.11 Å². The lowest BCUT2D eigenvalue weighted by molar-refractivity contribution is 0.258. The largest absolute Gasteiger partial charge is 0.396 e. The minimum absolute atomic E-state index is 0.167. The van der Waals surface area contributed by atoms with Crippen LogP contribution in [0.1, 0.15) is 23.5 Å². The van der Waals surface area contributed by atoms with E-state index in [0.717, 1.165) is 23.4 Å². The summed E-state index contributed by atoms with van der Waals surface area (Å²) < 4.78 is 0. The van der Waals surface area contributed by atoms with Crippen LogP contribution in [-0.2, 0) is 6.42 Å². The van der Waals surface area contributed by atoms with E-state index in [9.17, 15) is 5.11 Å². The number of aliphatic hydroxyl groups excluding tert-OH is 1. The van der Waals surface area contributed by atoms with Gasteiger partial charge in [-0.25, -0.2) is 0 Å². The lowest BCUT2D eigenvalue weighted by Gasteiger charge is -2.18. The van der Waals surface area contributed by atoms with Crippen molar-refractivity contribution in [1.29, 1.82) is 0 Å². The Hall–Kier alpha value is -0.960. The highest BCUT2D eigenvalue weighted by molar-refractivity contribution is 8.00. The summed E-state index contributed by atoms with van der Waals surface area (Å²) in [6.07, 6.45) is 2.08. The van der Waals surface area contributed by atoms with E-state index in [-0.39, 0.29) is 12.5 Å². The second kappa shape index (κ2) is 6.21. The van der Waals surface area contributed by atoms with Crippen LogP contribution in [0.4, 0.5) is 0 Å². The zero-order chi connectivity index (χ0) is 13.9. The molecule has 1 aliphatic rings. The number of fused-ring (bicyclic) bond motifs is 1. The molecule has 0 fully saturated rings. The van der Waals surface area contributed by atoms with Crippen molar-refractivity contribution in [3.8, 4) is 0 Å². The molecule has 2 unspecified atom stereocenters. The summed E-state index contributed by atoms with van der Waals surface area (Å²) in [6, 6.07) is 16.4. The summed E-state index contributed by atoms with van der Waals surface area (Å²) in [4.78, 5) is 1.39. The monoisotopic (exact) mass is 304 g/mol. The molecule has 0 radical (unpaired) electrons. The predicted molar refractivity (Wildman–Crippen MR) is 85.7 cm³/mol. The molecule has 0 aliphatic carbocycles. The topological polar surface area (TPSA) is 20.2 Å². The van der Waals surface area contributed by atoms with Crippen molar-refractivity contribution >= 4 is 23.4 Å². The number of thioether (sulfide) groups is 1. The number of hydrogen-bond donors (Lipinski definition) is 1. The zero-order valence-electron chi connectivity index (χ0n) is 11.1. The number of aliphatic hydroxyl groups is 1. The maximum absolute atomic E-state index is 9.70. The molecule has 3 heteroatoms. The molecule has 3 rings (SSSR count). The Bertz CT molecular complexity index is 574. The first-order chi connectivity index (χ1) is 9.76. The first-order valence-corrected chi connectivity index (χ1v) is 8.13. The van der Waals surface area contributed by atoms with Crippen LogP contribution >= 0.6 is 23.4 Å². The van der Waals surface area contributed by atoms with Crippen LogP contribution in [0, 0.1) is 0 Å². The van der Waals surface area contributed by atoms with Gasteiger partial charge in [-0.05, 0) is 42.2 Å². The van der Waals surface area contributed by atoms with Gasteiger partial charge in [-0.3, -0.25) is 0 Å². The normalized spacial score (nSPS) is 18.8. The average Bonchev–Trinajstić information content (AvgIpc) is 2.87. The third-order valence-corrected chi connectivity index (χ3v) is 5.38. The maximum Gasteiger partial charge on any atom is 0.0500 e. The third-order valence-electron chi connectivity index (χ3n) is 3.80. The highest BCUT2D eigenvalue weighted by Crippen LogP contribution is 2.41. The summed E-state index contributed by atoms with van der Waals surface area (Å²) in [5.74, 6) is 0.167. The Morgan fingerprint density at radius 1 is 1.20 bits per heavy atom. The number of rotatable bonds is 4. The highest BCUT2D eigenvalue weighted by atomic mass is 35.5. The molecule has 1 aliphatic heterocycles. The first-order valence-electron chi connectivity index (χ1n) is 6.87. The van der Waals surface area contributed by atoms with Crippen LogP contribution in [0.3, 0.4) is 0 Å². The Morgan fingerprint density at radius 2 is 2.05 bits per heavy atom. The van der Waals surface area contributed by atoms with E-state index in [2.05, 4.69) is 30.3 Å². The number of halogens is 1. The second-order valence-electron chi connectivity index (χ2n) is 5.22. The minimum atomic E-state index is 0.167. The lowest BCUT2D eigenvalue weighted by atomic mass is 9.93. The third kappa shape index (κ3) is 3.03. The van der Waals surface area contributed by atoms with Gasteiger partial charge in [0.2, 0.25) is 0 Å². The molecule has 2 atom stereocenters. The Kier molecular flexibility index (Phi) is 4.35. The molecule has 0 amide bonds. The summed E-state index contributed by atoms with van der Waals surface area (Å²) in [7, 11) is 0. The van der Waals surface area contributed by atoms with Gasteiger partial charge in [0.1, 0.15) is 0 Å². The minimum Gasteiger partial charge on any atom is -0.396 e. The van der Waals surface area contributed by atoms with Crippen molar-refractivity contribution in [1.82, 2.24) is 0 Å². The van der Waals surface area contributed by atoms with E-state index in [4.69, 9.17) is 11.6 Å². The van der Waals surface area contributed by atoms with Crippen molar-refractivity contribution in [3.63, 3.8) is 0 Å². The smallest absolute Gasteiger partial charge is 0.0500 e. The van der Waals surface area contributed by atoms with Gasteiger partial charge in [-0.2, -0.15) is 0 Å². The summed E-state index contributed by atoms with van der Waals surface area (Å²) in [6.45, 7) is 0.174. The molecular formula is C17H17ClOS. The van der Waals surface area contributed by atoms with E-state index < -0.39 is 0 Å². The molecule has 104 valence electrons. The van der Waals surface area contributed by atoms with Crippen molar-refractivity contribution in [2.24, 2.45) is 0 Å². The van der Waals surface area contributed by atoms with E-state index >= 15 is 0 Å². The molecule has 0 spiro atoms. The van der Waals surface area contributed by atoms with Crippen LogP contribution < -0.4 is 0 Å². The van der Waals surface area contributed by atoms with Crippen LogP contribution in [0.15, 0.2) is 53.4 Å². The fourth-order valence-corrected chi connectivity index (χ4v) is 4.39. The van der Waals surface area contributed by atoms with Crippen molar-refractivity contribution in [3.05, 3.63) is 64.7 Å². The SMILES string of the molecule is OCC(CC1Cc2ccccc2S1)c1cccc(Cl)c1. The van der Waals surface area contributed by atoms with Gasteiger partial charge < -0.3 is 5.11 Å². The Balaban J connectivity index is 1.71. The summed E-state index contributed by atoms with van der Waals surface area (Å²) >= 11 is 7.98. The van der Waals surface area contributed by atoms with Crippen molar-refractivity contribution in [2.75, 3.05) is 6.61 Å². The molecular weight excluding hydrogens is 288 g/mol. The summed E-state index contributed by atoms with van der Waals surface area (Å²) in [5, 5.41) is 11.0.